The Kier molecular flexibility index (Phi) is 22.1. The molecule has 95 heavy (non-hydrogen) atoms. The Morgan fingerprint density at radius 2 is 0.779 bits per heavy atom. The number of carbonyl (C=O) groups excluding carboxylic acids is 8. The average Bonchev–Trinajstić information content (AvgIpc) is 0.750. The van der Waals surface area contributed by atoms with Gasteiger partial charge in [0.2, 0.25) is 0 Å². The molecule has 0 bridgehead atoms. The minimum absolute atomic E-state index is 0. The van der Waals surface area contributed by atoms with Crippen LogP contribution in [0.15, 0.2) is 125 Å². The fraction of sp³-hybridized carbons (Fsp3) is 0.176. The summed E-state index contributed by atoms with van der Waals surface area (Å²) in [7, 11) is -16.7. The molecule has 12 rings (SSSR count). The van der Waals surface area contributed by atoms with E-state index in [1.807, 2.05) is 43.7 Å². The van der Waals surface area contributed by atoms with E-state index in [1.54, 1.807) is 82.3 Å². The first-order valence-corrected chi connectivity index (χ1v) is 33.9. The molecule has 0 aliphatic heterocycles. The Morgan fingerprint density at radius 1 is 0.411 bits per heavy atom. The van der Waals surface area contributed by atoms with Crippen LogP contribution in [0.25, 0.3) is 0 Å². The van der Waals surface area contributed by atoms with Gasteiger partial charge in [0.15, 0.2) is 40.5 Å². The fourth-order valence-electron chi connectivity index (χ4n) is 12.1. The molecule has 4 aliphatic carbocycles. The number of rotatable bonds is 8. The van der Waals surface area contributed by atoms with Gasteiger partial charge >= 0.3 is 50.5 Å². The number of benzene rings is 8. The van der Waals surface area contributed by atoms with E-state index >= 15 is 0 Å². The summed E-state index contributed by atoms with van der Waals surface area (Å²) >= 11 is 0. The van der Waals surface area contributed by atoms with E-state index in [1.165, 1.54) is 49.4 Å². The number of carbonyl (C=O) groups is 8. The number of ketones is 8. The molecule has 0 heterocycles. The zero-order chi connectivity index (χ0) is 69.5. The van der Waals surface area contributed by atoms with Gasteiger partial charge < -0.3 is 10.5 Å². The first-order valence-electron chi connectivity index (χ1n) is 28.6. The van der Waals surface area contributed by atoms with Crippen LogP contribution in [0, 0.1) is 33.8 Å². The predicted molar refractivity (Wildman–Crippen MR) is 343 cm³/mol. The molecule has 0 unspecified atom stereocenters. The summed E-state index contributed by atoms with van der Waals surface area (Å²) in [4.78, 5) is 102. The molecule has 0 saturated heterocycles. The Hall–Kier alpha value is -8.93. The van der Waals surface area contributed by atoms with Gasteiger partial charge in [-0.25, -0.2) is 0 Å². The van der Waals surface area contributed by atoms with Gasteiger partial charge in [0.1, 0.15) is 5.78 Å². The molecule has 0 fully saturated rings. The second-order valence-electron chi connectivity index (χ2n) is 21.7. The monoisotopic (exact) mass is 1370 g/mol. The van der Waals surface area contributed by atoms with Crippen LogP contribution in [-0.2, 0) is 66.8 Å². The van der Waals surface area contributed by atoms with Gasteiger partial charge in [-0.05, 0) is 128 Å². The molecular formula is C68H57N2NaO20S4. The molecule has 0 aromatic heterocycles. The number of nitrogen functional groups attached to an aromatic ring is 1. The van der Waals surface area contributed by atoms with Crippen LogP contribution in [0.5, 0.6) is 0 Å². The quantitative estimate of drug-likeness (QED) is 0.0474. The van der Waals surface area contributed by atoms with E-state index < -0.39 is 58.5 Å². The Morgan fingerprint density at radius 3 is 1.23 bits per heavy atom. The standard InChI is InChI=1S/2C17H15NO5S.C17H14O5S.C17H13O2.Na.O3S/c1-3-10-8-7-9(2)13-14(10)16(19)11-5-4-6-12(15(11)17(13)20)18-24(21,22)23;1-3-9-12(24(21,22)23)7-8(2)13-15(9)16(19)10-5-4-6-11(18)14(10)17(13)20;1-3-10-13(23(20,21)22)8-9(2)14-15(10)17(19)12-7-5-4-6-11(12)16(14)18;1-3-11-9-8-10(2)14-15(11)17(19)13-7-5-4-6-12(13)16(14)18;;1-4(2)3/h4-8,18H,3H2,1-2H3,(H,21,22,23);4-7H,3,18H2,1-2H3,(H,21,22,23);4-8H,3H2,1-2H3,(H,20,21,22);4-5,7-9H,3H2,1-2H3;;/q;;;-1;+1;. The SMILES string of the molecule is CCc1c(S(=O)(=O)O)cc(C)c2c1C(=O)c1cccc(N)c1C2=O.CCc1c(S(=O)(=O)O)cc(C)c2c1C(=O)c1ccccc1C2=O.CCc1ccc(C)c2c1C(=O)c1ccc[c-]c1C2=O.CCc1ccc(C)c2c1C(=O)c1cccc(NS(=O)(=O)O)c1C2=O.O=S(=O)=O.[Na+]. The number of aryl methyl sites for hydroxylation is 6. The van der Waals surface area contributed by atoms with E-state index in [0.29, 0.717) is 56.5 Å². The Labute approximate surface area is 570 Å². The molecule has 0 radical (unpaired) electrons. The van der Waals surface area contributed by atoms with Crippen LogP contribution in [0.2, 0.25) is 0 Å². The van der Waals surface area contributed by atoms with Crippen LogP contribution in [0.4, 0.5) is 11.4 Å². The second kappa shape index (κ2) is 28.6. The maximum atomic E-state index is 13.0. The summed E-state index contributed by atoms with van der Waals surface area (Å²) in [5, 5.41) is 0. The van der Waals surface area contributed by atoms with E-state index in [2.05, 4.69) is 6.07 Å². The maximum Gasteiger partial charge on any atom is 1.00 e. The molecule has 0 saturated carbocycles. The summed E-state index contributed by atoms with van der Waals surface area (Å²) in [6.07, 6.45) is 1.72. The van der Waals surface area contributed by atoms with Crippen molar-refractivity contribution >= 4 is 98.8 Å². The summed E-state index contributed by atoms with van der Waals surface area (Å²) < 4.78 is 124. The molecule has 484 valence electrons. The fourth-order valence-corrected chi connectivity index (χ4v) is 14.3. The van der Waals surface area contributed by atoms with Gasteiger partial charge in [-0.15, -0.1) is 36.9 Å². The molecular weight excluding hydrogens is 1320 g/mol. The Bertz CT molecular complexity index is 5190. The number of hydrogen-bond acceptors (Lipinski definition) is 18. The van der Waals surface area contributed by atoms with E-state index in [4.69, 9.17) is 22.9 Å². The first-order chi connectivity index (χ1) is 44.1. The zero-order valence-corrected chi connectivity index (χ0v) is 57.6. The first kappa shape index (κ1) is 73.5. The summed E-state index contributed by atoms with van der Waals surface area (Å²) in [6, 6.07) is 33.3. The summed E-state index contributed by atoms with van der Waals surface area (Å²) in [5.41, 5.74) is 14.3. The molecule has 0 spiro atoms. The van der Waals surface area contributed by atoms with Gasteiger partial charge in [0.05, 0.1) is 26.6 Å². The molecule has 8 aromatic carbocycles. The third-order valence-corrected chi connectivity index (χ3v) is 18.4. The number of nitrogens with one attached hydrogen (secondary N) is 1. The largest absolute Gasteiger partial charge is 1.00 e. The molecule has 0 atom stereocenters. The summed E-state index contributed by atoms with van der Waals surface area (Å²) in [5.74, 6) is -2.45. The average molecular weight is 1370 g/mol. The van der Waals surface area contributed by atoms with Gasteiger partial charge in [0.25, 0.3) is 20.2 Å². The molecule has 27 heteroatoms. The van der Waals surface area contributed by atoms with Crippen molar-refractivity contribution in [3.63, 3.8) is 0 Å². The van der Waals surface area contributed by atoms with Gasteiger partial charge in [-0.3, -0.25) is 51.9 Å². The molecule has 8 aromatic rings. The van der Waals surface area contributed by atoms with Crippen molar-refractivity contribution in [1.29, 1.82) is 0 Å². The topological polar surface area (TPSA) is 389 Å². The molecule has 0 amide bonds. The van der Waals surface area contributed by atoms with Gasteiger partial charge in [-0.2, -0.15) is 25.3 Å². The normalized spacial score (nSPS) is 13.0. The third kappa shape index (κ3) is 14.1. The number of anilines is 2. The van der Waals surface area contributed by atoms with Crippen LogP contribution in [0.3, 0.4) is 0 Å². The minimum Gasteiger partial charge on any atom is -0.398 e. The van der Waals surface area contributed by atoms with Crippen LogP contribution in [0.1, 0.15) is 200 Å². The minimum atomic E-state index is -4.57. The van der Waals surface area contributed by atoms with Crippen LogP contribution >= 0.6 is 0 Å². The molecule has 4 aliphatic rings. The van der Waals surface area contributed by atoms with Crippen molar-refractivity contribution in [3.8, 4) is 0 Å². The van der Waals surface area contributed by atoms with Gasteiger partial charge in [0, 0.05) is 66.9 Å². The van der Waals surface area contributed by atoms with Crippen molar-refractivity contribution in [3.05, 3.63) is 255 Å². The Balaban J connectivity index is 0.000000175. The number of nitrogens with two attached hydrogens (primary N) is 1. The predicted octanol–water partition coefficient (Wildman–Crippen LogP) is 6.42. The zero-order valence-electron chi connectivity index (χ0n) is 52.3. The van der Waals surface area contributed by atoms with Crippen molar-refractivity contribution < 1.29 is 119 Å². The van der Waals surface area contributed by atoms with Crippen LogP contribution in [-0.4, -0.2) is 97.8 Å². The van der Waals surface area contributed by atoms with E-state index in [9.17, 15) is 72.7 Å². The number of hydrogen-bond donors (Lipinski definition) is 5. The second-order valence-corrected chi connectivity index (χ2v) is 26.0. The number of fused-ring (bicyclic) bond motifs is 8. The van der Waals surface area contributed by atoms with Crippen molar-refractivity contribution in [2.75, 3.05) is 10.5 Å². The van der Waals surface area contributed by atoms with Crippen molar-refractivity contribution in [2.45, 2.75) is 90.9 Å². The summed E-state index contributed by atoms with van der Waals surface area (Å²) in [6.45, 7) is 13.9. The van der Waals surface area contributed by atoms with Crippen molar-refractivity contribution in [2.24, 2.45) is 0 Å². The van der Waals surface area contributed by atoms with Crippen molar-refractivity contribution in [1.82, 2.24) is 0 Å². The molecule has 22 nitrogen and oxygen atoms in total. The smallest absolute Gasteiger partial charge is 0.398 e. The maximum absolute atomic E-state index is 13.0. The molecule has 6 N–H and O–H groups in total. The van der Waals surface area contributed by atoms with Crippen LogP contribution < -0.4 is 40.0 Å². The van der Waals surface area contributed by atoms with Gasteiger partial charge in [-0.1, -0.05) is 112 Å². The van der Waals surface area contributed by atoms with E-state index in [-0.39, 0.29) is 159 Å². The van der Waals surface area contributed by atoms with E-state index in [0.717, 1.165) is 23.1 Å². The third-order valence-electron chi connectivity index (χ3n) is 16.1.